The zero-order valence-corrected chi connectivity index (χ0v) is 13.0. The summed E-state index contributed by atoms with van der Waals surface area (Å²) in [6.07, 6.45) is 5.20. The first-order chi connectivity index (χ1) is 9.67. The van der Waals surface area contributed by atoms with Crippen LogP contribution in [0.1, 0.15) is 51.1 Å². The van der Waals surface area contributed by atoms with Crippen molar-refractivity contribution < 1.29 is 4.74 Å². The molecule has 0 saturated carbocycles. The molecule has 3 atom stereocenters. The van der Waals surface area contributed by atoms with Crippen molar-refractivity contribution in [2.75, 3.05) is 13.7 Å². The van der Waals surface area contributed by atoms with Gasteiger partial charge >= 0.3 is 0 Å². The SMILES string of the molecule is CCC1CCCCN1C(C)C(N)c1ccc(OC)cc1. The molecule has 0 aliphatic carbocycles. The van der Waals surface area contributed by atoms with Crippen LogP contribution >= 0.6 is 0 Å². The van der Waals surface area contributed by atoms with E-state index in [0.29, 0.717) is 12.1 Å². The maximum absolute atomic E-state index is 6.50. The lowest BCUT2D eigenvalue weighted by Gasteiger charge is -2.42. The topological polar surface area (TPSA) is 38.5 Å². The van der Waals surface area contributed by atoms with E-state index in [9.17, 15) is 0 Å². The molecule has 1 aliphatic rings. The summed E-state index contributed by atoms with van der Waals surface area (Å²) in [5, 5.41) is 0. The Morgan fingerprint density at radius 1 is 1.30 bits per heavy atom. The number of rotatable bonds is 5. The van der Waals surface area contributed by atoms with Gasteiger partial charge in [-0.05, 0) is 50.4 Å². The average molecular weight is 276 g/mol. The minimum atomic E-state index is 0.0630. The van der Waals surface area contributed by atoms with Crippen LogP contribution in [0.3, 0.4) is 0 Å². The van der Waals surface area contributed by atoms with Crippen molar-refractivity contribution in [2.45, 2.75) is 57.7 Å². The molecule has 1 saturated heterocycles. The highest BCUT2D eigenvalue weighted by molar-refractivity contribution is 5.29. The van der Waals surface area contributed by atoms with Crippen LogP contribution in [0.2, 0.25) is 0 Å². The number of benzene rings is 1. The molecule has 3 heteroatoms. The monoisotopic (exact) mass is 276 g/mol. The maximum atomic E-state index is 6.50. The molecule has 0 aromatic heterocycles. The molecule has 1 aromatic carbocycles. The summed E-state index contributed by atoms with van der Waals surface area (Å²) in [6, 6.07) is 9.31. The van der Waals surface area contributed by atoms with Crippen molar-refractivity contribution in [3.63, 3.8) is 0 Å². The first kappa shape index (κ1) is 15.3. The normalized spacial score (nSPS) is 23.3. The van der Waals surface area contributed by atoms with Crippen molar-refractivity contribution in [2.24, 2.45) is 5.73 Å². The molecule has 3 nitrogen and oxygen atoms in total. The molecular formula is C17H28N2O. The van der Waals surface area contributed by atoms with Gasteiger partial charge in [0.2, 0.25) is 0 Å². The fraction of sp³-hybridized carbons (Fsp3) is 0.647. The van der Waals surface area contributed by atoms with Crippen LogP contribution in [-0.2, 0) is 0 Å². The predicted molar refractivity (Wildman–Crippen MR) is 84.0 cm³/mol. The van der Waals surface area contributed by atoms with Gasteiger partial charge in [-0.25, -0.2) is 0 Å². The van der Waals surface area contributed by atoms with Crippen LogP contribution < -0.4 is 10.5 Å². The van der Waals surface area contributed by atoms with Crippen molar-refractivity contribution in [1.82, 2.24) is 4.90 Å². The largest absolute Gasteiger partial charge is 0.497 e. The van der Waals surface area contributed by atoms with Gasteiger partial charge in [-0.15, -0.1) is 0 Å². The molecule has 1 aliphatic heterocycles. The van der Waals surface area contributed by atoms with Gasteiger partial charge in [0.15, 0.2) is 0 Å². The first-order valence-corrected chi connectivity index (χ1v) is 7.82. The fourth-order valence-electron chi connectivity index (χ4n) is 3.31. The highest BCUT2D eigenvalue weighted by atomic mass is 16.5. The quantitative estimate of drug-likeness (QED) is 0.896. The highest BCUT2D eigenvalue weighted by Crippen LogP contribution is 2.27. The summed E-state index contributed by atoms with van der Waals surface area (Å²) in [5.41, 5.74) is 7.69. The number of ether oxygens (including phenoxy) is 1. The summed E-state index contributed by atoms with van der Waals surface area (Å²) in [6.45, 7) is 5.74. The van der Waals surface area contributed by atoms with Crippen molar-refractivity contribution in [3.8, 4) is 5.75 Å². The number of piperidine rings is 1. The van der Waals surface area contributed by atoms with Crippen LogP contribution in [0, 0.1) is 0 Å². The third kappa shape index (κ3) is 3.33. The van der Waals surface area contributed by atoms with Gasteiger partial charge in [-0.1, -0.05) is 25.5 Å². The molecule has 0 spiro atoms. The van der Waals surface area contributed by atoms with E-state index in [1.165, 1.54) is 37.8 Å². The Bertz CT molecular complexity index is 404. The minimum Gasteiger partial charge on any atom is -0.497 e. The van der Waals surface area contributed by atoms with Crippen molar-refractivity contribution >= 4 is 0 Å². The Balaban J connectivity index is 2.07. The third-order valence-corrected chi connectivity index (χ3v) is 4.69. The van der Waals surface area contributed by atoms with E-state index in [4.69, 9.17) is 10.5 Å². The molecule has 1 aromatic rings. The van der Waals surface area contributed by atoms with Gasteiger partial charge in [0.05, 0.1) is 7.11 Å². The van der Waals surface area contributed by atoms with E-state index in [1.807, 2.05) is 12.1 Å². The van der Waals surface area contributed by atoms with Crippen LogP contribution in [0.4, 0.5) is 0 Å². The lowest BCUT2D eigenvalue weighted by atomic mass is 9.93. The van der Waals surface area contributed by atoms with Crippen LogP contribution in [-0.4, -0.2) is 30.6 Å². The molecule has 3 unspecified atom stereocenters. The standard InChI is InChI=1S/C17H28N2O/c1-4-15-7-5-6-12-19(15)13(2)17(18)14-8-10-16(20-3)11-9-14/h8-11,13,15,17H,4-7,12,18H2,1-3H3. The molecule has 1 fully saturated rings. The Kier molecular flexibility index (Phi) is 5.44. The number of likely N-dealkylation sites (tertiary alicyclic amines) is 1. The van der Waals surface area contributed by atoms with Crippen LogP contribution in [0.25, 0.3) is 0 Å². The van der Waals surface area contributed by atoms with Gasteiger partial charge in [0, 0.05) is 18.1 Å². The van der Waals surface area contributed by atoms with E-state index in [2.05, 4.69) is 30.9 Å². The summed E-state index contributed by atoms with van der Waals surface area (Å²) < 4.78 is 5.21. The Morgan fingerprint density at radius 3 is 2.60 bits per heavy atom. The highest BCUT2D eigenvalue weighted by Gasteiger charge is 2.29. The predicted octanol–water partition coefficient (Wildman–Crippen LogP) is 3.35. The molecule has 1 heterocycles. The smallest absolute Gasteiger partial charge is 0.118 e. The second kappa shape index (κ2) is 7.09. The molecule has 2 N–H and O–H groups in total. The number of hydrogen-bond donors (Lipinski definition) is 1. The molecule has 112 valence electrons. The van der Waals surface area contributed by atoms with Crippen molar-refractivity contribution in [3.05, 3.63) is 29.8 Å². The molecule has 0 radical (unpaired) electrons. The molecule has 20 heavy (non-hydrogen) atoms. The molecular weight excluding hydrogens is 248 g/mol. The van der Waals surface area contributed by atoms with E-state index in [-0.39, 0.29) is 6.04 Å². The molecule has 0 amide bonds. The zero-order valence-electron chi connectivity index (χ0n) is 13.0. The van der Waals surface area contributed by atoms with Gasteiger partial charge < -0.3 is 10.5 Å². The number of hydrogen-bond acceptors (Lipinski definition) is 3. The summed E-state index contributed by atoms with van der Waals surface area (Å²) in [7, 11) is 1.69. The fourth-order valence-corrected chi connectivity index (χ4v) is 3.31. The summed E-state index contributed by atoms with van der Waals surface area (Å²) in [5.74, 6) is 0.887. The number of nitrogens with zero attached hydrogens (tertiary/aromatic N) is 1. The van der Waals surface area contributed by atoms with Gasteiger partial charge in [-0.3, -0.25) is 4.90 Å². The third-order valence-electron chi connectivity index (χ3n) is 4.69. The lowest BCUT2D eigenvalue weighted by Crippen LogP contribution is -2.48. The van der Waals surface area contributed by atoms with Gasteiger partial charge in [-0.2, -0.15) is 0 Å². The van der Waals surface area contributed by atoms with E-state index in [0.717, 1.165) is 5.75 Å². The molecule has 2 rings (SSSR count). The maximum Gasteiger partial charge on any atom is 0.118 e. The number of nitrogens with two attached hydrogens (primary N) is 1. The summed E-state index contributed by atoms with van der Waals surface area (Å²) in [4.78, 5) is 2.61. The van der Waals surface area contributed by atoms with E-state index in [1.54, 1.807) is 7.11 Å². The Hall–Kier alpha value is -1.06. The Morgan fingerprint density at radius 2 is 2.00 bits per heavy atom. The lowest BCUT2D eigenvalue weighted by molar-refractivity contribution is 0.0863. The van der Waals surface area contributed by atoms with Crippen LogP contribution in [0.15, 0.2) is 24.3 Å². The zero-order chi connectivity index (χ0) is 14.5. The average Bonchev–Trinajstić information content (AvgIpc) is 2.53. The van der Waals surface area contributed by atoms with Crippen LogP contribution in [0.5, 0.6) is 5.75 Å². The molecule has 0 bridgehead atoms. The minimum absolute atomic E-state index is 0.0630. The van der Waals surface area contributed by atoms with Gasteiger partial charge in [0.1, 0.15) is 5.75 Å². The first-order valence-electron chi connectivity index (χ1n) is 7.82. The van der Waals surface area contributed by atoms with E-state index >= 15 is 0 Å². The second-order valence-electron chi connectivity index (χ2n) is 5.84. The van der Waals surface area contributed by atoms with E-state index < -0.39 is 0 Å². The Labute approximate surface area is 123 Å². The van der Waals surface area contributed by atoms with Crippen molar-refractivity contribution in [1.29, 1.82) is 0 Å². The van der Waals surface area contributed by atoms with Gasteiger partial charge in [0.25, 0.3) is 0 Å². The summed E-state index contributed by atoms with van der Waals surface area (Å²) >= 11 is 0. The second-order valence-corrected chi connectivity index (χ2v) is 5.84. The number of methoxy groups -OCH3 is 1.